The average molecular weight is 1530 g/mol. The molecule has 0 saturated carbocycles. The lowest BCUT2D eigenvalue weighted by Crippen LogP contribution is -2.30. The summed E-state index contributed by atoms with van der Waals surface area (Å²) in [6.07, 6.45) is 88.7. The quantitative estimate of drug-likeness (QED) is 0.0169. The number of hydrogen-bond acceptors (Lipinski definition) is 15. The van der Waals surface area contributed by atoms with Gasteiger partial charge in [-0.25, -0.2) is 9.13 Å². The molecule has 0 aliphatic carbocycles. The first-order valence-electron chi connectivity index (χ1n) is 41.4. The third kappa shape index (κ3) is 77.4. The van der Waals surface area contributed by atoms with Crippen molar-refractivity contribution in [3.63, 3.8) is 0 Å². The summed E-state index contributed by atoms with van der Waals surface area (Å²) in [5.74, 6) is -2.35. The highest BCUT2D eigenvalue weighted by atomic mass is 31.2. The predicted octanol–water partition coefficient (Wildman–Crippen LogP) is 24.4. The van der Waals surface area contributed by atoms with Crippen molar-refractivity contribution in [2.45, 2.75) is 354 Å². The van der Waals surface area contributed by atoms with Gasteiger partial charge < -0.3 is 33.8 Å². The minimum Gasteiger partial charge on any atom is -0.462 e. The Kier molecular flexibility index (Phi) is 74.8. The molecule has 17 nitrogen and oxygen atoms in total. The molecule has 0 aromatic carbocycles. The van der Waals surface area contributed by atoms with Crippen molar-refractivity contribution >= 4 is 39.5 Å². The number of aliphatic hydroxyl groups excluding tert-OH is 1. The van der Waals surface area contributed by atoms with Gasteiger partial charge in [-0.3, -0.25) is 37.3 Å². The molecule has 0 aliphatic heterocycles. The lowest BCUT2D eigenvalue weighted by molar-refractivity contribution is -0.161. The Balaban J connectivity index is 5.50. The molecule has 0 bridgehead atoms. The number of ether oxygens (including phenoxy) is 4. The average Bonchev–Trinajstić information content (AvgIpc) is 0.908. The number of esters is 4. The van der Waals surface area contributed by atoms with Gasteiger partial charge in [0.15, 0.2) is 12.2 Å². The van der Waals surface area contributed by atoms with Gasteiger partial charge in [-0.15, -0.1) is 0 Å². The van der Waals surface area contributed by atoms with E-state index >= 15 is 0 Å². The van der Waals surface area contributed by atoms with E-state index in [2.05, 4.69) is 131 Å². The van der Waals surface area contributed by atoms with Crippen molar-refractivity contribution in [3.05, 3.63) is 134 Å². The van der Waals surface area contributed by atoms with Crippen LogP contribution in [-0.2, 0) is 65.4 Å². The highest BCUT2D eigenvalue weighted by Crippen LogP contribution is 2.45. The lowest BCUT2D eigenvalue weighted by Gasteiger charge is -2.21. The van der Waals surface area contributed by atoms with Crippen LogP contribution in [0.2, 0.25) is 0 Å². The first-order chi connectivity index (χ1) is 51.7. The zero-order chi connectivity index (χ0) is 77.4. The molecule has 106 heavy (non-hydrogen) atoms. The molecule has 0 radical (unpaired) electrons. The summed E-state index contributed by atoms with van der Waals surface area (Å²) in [6.45, 7) is 4.67. The van der Waals surface area contributed by atoms with Crippen LogP contribution in [0.25, 0.3) is 0 Å². The van der Waals surface area contributed by atoms with Gasteiger partial charge in [0, 0.05) is 25.7 Å². The molecular formula is C87H148O17P2. The van der Waals surface area contributed by atoms with Gasteiger partial charge in [-0.05, 0) is 154 Å². The largest absolute Gasteiger partial charge is 0.472 e. The minimum absolute atomic E-state index is 0.0337. The number of unbranched alkanes of at least 4 members (excludes halogenated alkanes) is 29. The predicted molar refractivity (Wildman–Crippen MR) is 436 cm³/mol. The van der Waals surface area contributed by atoms with Gasteiger partial charge in [0.05, 0.1) is 26.4 Å². The fourth-order valence-electron chi connectivity index (χ4n) is 10.7. The van der Waals surface area contributed by atoms with Crippen LogP contribution in [0.1, 0.15) is 336 Å². The number of phosphoric ester groups is 2. The maximum atomic E-state index is 13.1. The Morgan fingerprint density at radius 1 is 0.264 bits per heavy atom. The summed E-state index contributed by atoms with van der Waals surface area (Å²) in [4.78, 5) is 73.1. The maximum absolute atomic E-state index is 13.1. The van der Waals surface area contributed by atoms with Gasteiger partial charge in [-0.1, -0.05) is 290 Å². The number of phosphoric acid groups is 2. The molecule has 0 saturated heterocycles. The Morgan fingerprint density at radius 3 is 0.830 bits per heavy atom. The number of carbonyl (C=O) groups excluding carboxylic acids is 4. The lowest BCUT2D eigenvalue weighted by atomic mass is 10.1. The van der Waals surface area contributed by atoms with E-state index < -0.39 is 97.5 Å². The number of carbonyl (C=O) groups is 4. The second-order valence-electron chi connectivity index (χ2n) is 27.3. The van der Waals surface area contributed by atoms with E-state index in [1.807, 2.05) is 30.4 Å². The van der Waals surface area contributed by atoms with Crippen molar-refractivity contribution in [1.29, 1.82) is 0 Å². The van der Waals surface area contributed by atoms with Crippen molar-refractivity contribution < 1.29 is 80.2 Å². The molecule has 0 amide bonds. The first kappa shape index (κ1) is 101. The Morgan fingerprint density at radius 2 is 0.491 bits per heavy atom. The third-order valence-corrected chi connectivity index (χ3v) is 19.0. The Bertz CT molecular complexity index is 2530. The third-order valence-electron chi connectivity index (χ3n) is 17.1. The van der Waals surface area contributed by atoms with Gasteiger partial charge in [0.1, 0.15) is 19.3 Å². The molecule has 0 rings (SSSR count). The zero-order valence-corrected chi connectivity index (χ0v) is 68.4. The summed E-state index contributed by atoms with van der Waals surface area (Å²) >= 11 is 0. The molecular weight excluding hydrogens is 1380 g/mol. The van der Waals surface area contributed by atoms with Crippen LogP contribution in [0.5, 0.6) is 0 Å². The van der Waals surface area contributed by atoms with Crippen molar-refractivity contribution in [3.8, 4) is 0 Å². The van der Waals surface area contributed by atoms with E-state index in [1.165, 1.54) is 116 Å². The number of hydrogen-bond donors (Lipinski definition) is 3. The summed E-state index contributed by atoms with van der Waals surface area (Å²) in [7, 11) is -10.0. The highest BCUT2D eigenvalue weighted by molar-refractivity contribution is 7.47. The van der Waals surface area contributed by atoms with Crippen LogP contribution in [0.15, 0.2) is 134 Å². The Hall–Kier alpha value is -4.80. The summed E-state index contributed by atoms with van der Waals surface area (Å²) < 4.78 is 68.5. The van der Waals surface area contributed by atoms with Crippen molar-refractivity contribution in [2.24, 2.45) is 0 Å². The normalized spacial score (nSPS) is 14.5. The number of rotatable bonds is 77. The summed E-state index contributed by atoms with van der Waals surface area (Å²) in [6, 6.07) is 0. The van der Waals surface area contributed by atoms with E-state index in [0.29, 0.717) is 38.5 Å². The van der Waals surface area contributed by atoms with Crippen LogP contribution in [0, 0.1) is 0 Å². The SMILES string of the molecule is CCCCC/C=C\C/C=C\C/C=C\C/C=C\C/C=C\CCC(=O)O[C@H](COC(=O)CCCCCCC/C=C\CCCCCCCC)COP(=O)(O)OC[C@H](O)COP(=O)(O)OC[C@@H](COC(=O)CCC/C=C\C/C=C\C/C=C\C/C=C\CCCCC)OC(=O)CCCCCCC/C=C\CCCCCCCC. The molecule has 0 aromatic heterocycles. The van der Waals surface area contributed by atoms with E-state index in [1.54, 1.807) is 0 Å². The molecule has 2 unspecified atom stereocenters. The molecule has 19 heteroatoms. The summed E-state index contributed by atoms with van der Waals surface area (Å²) in [5, 5.41) is 10.7. The molecule has 0 spiro atoms. The van der Waals surface area contributed by atoms with E-state index in [9.17, 15) is 43.2 Å². The molecule has 0 aromatic rings. The molecule has 0 aliphatic rings. The smallest absolute Gasteiger partial charge is 0.462 e. The topological polar surface area (TPSA) is 237 Å². The zero-order valence-electron chi connectivity index (χ0n) is 66.6. The molecule has 0 fully saturated rings. The van der Waals surface area contributed by atoms with Gasteiger partial charge in [0.25, 0.3) is 0 Å². The van der Waals surface area contributed by atoms with E-state index in [4.69, 9.17) is 37.0 Å². The van der Waals surface area contributed by atoms with Crippen molar-refractivity contribution in [2.75, 3.05) is 39.6 Å². The van der Waals surface area contributed by atoms with Crippen LogP contribution in [-0.4, -0.2) is 96.7 Å². The minimum atomic E-state index is -5.01. The fourth-order valence-corrected chi connectivity index (χ4v) is 12.3. The second kappa shape index (κ2) is 78.3. The van der Waals surface area contributed by atoms with Gasteiger partial charge in [-0.2, -0.15) is 0 Å². The fraction of sp³-hybridized carbons (Fsp3) is 0.701. The summed E-state index contributed by atoms with van der Waals surface area (Å²) in [5.41, 5.74) is 0. The molecule has 3 N–H and O–H groups in total. The Labute approximate surface area is 644 Å². The van der Waals surface area contributed by atoms with Gasteiger partial charge in [0.2, 0.25) is 0 Å². The second-order valence-corrected chi connectivity index (χ2v) is 30.3. The monoisotopic (exact) mass is 1530 g/mol. The molecule has 608 valence electrons. The highest BCUT2D eigenvalue weighted by Gasteiger charge is 2.30. The van der Waals surface area contributed by atoms with Crippen LogP contribution in [0.4, 0.5) is 0 Å². The van der Waals surface area contributed by atoms with Crippen LogP contribution in [0.3, 0.4) is 0 Å². The standard InChI is InChI=1S/C87H148O17P2/c1-5-9-13-17-21-25-29-33-37-39-40-42-46-50-54-58-62-66-70-74-87(92)104-83(77-97-84(89)71-67-63-59-55-51-47-43-35-31-27-23-19-15-11-7-3)80-102-106(95,96)100-76-81(88)75-99-105(93,94)101-79-82(103-86(91)73-69-65-61-57-53-49-44-36-32-28-24-20-16-12-8-4)78-98-85(90)72-68-64-60-56-52-48-45-41-38-34-30-26-22-18-14-10-6-2/h21-22,25-26,33-38,40,42-45,48,50,54,56,60,62,66,81-83,88H,5-20,23-24,27-32,39,41,46-47,49,51-53,55,57-59,61,63-65,67-80H2,1-4H3,(H,93,94)(H,95,96)/b25-21-,26-22-,37-33-,38-34-,42-40-,43-35-,44-36-,48-45-,54-50-,60-56-,66-62-/t81-,82-,83-/m1/s1. The molecule has 0 heterocycles. The maximum Gasteiger partial charge on any atom is 0.472 e. The molecule has 5 atom stereocenters. The number of aliphatic hydroxyl groups is 1. The van der Waals surface area contributed by atoms with E-state index in [-0.39, 0.29) is 25.7 Å². The number of allylic oxidation sites excluding steroid dienone is 22. The van der Waals surface area contributed by atoms with Crippen LogP contribution >= 0.6 is 15.6 Å². The van der Waals surface area contributed by atoms with Crippen LogP contribution < -0.4 is 0 Å². The van der Waals surface area contributed by atoms with Gasteiger partial charge >= 0.3 is 39.5 Å². The van der Waals surface area contributed by atoms with Crippen molar-refractivity contribution in [1.82, 2.24) is 0 Å². The first-order valence-corrected chi connectivity index (χ1v) is 44.4. The van der Waals surface area contributed by atoms with E-state index in [0.717, 1.165) is 128 Å².